The van der Waals surface area contributed by atoms with Crippen LogP contribution in [0, 0.1) is 34.1 Å². The topological polar surface area (TPSA) is 178 Å². The molecular formula is C49H39F4N11O2. The van der Waals surface area contributed by atoms with Crippen molar-refractivity contribution in [2.75, 3.05) is 0 Å². The molecule has 8 aromatic rings. The Morgan fingerprint density at radius 3 is 2.08 bits per heavy atom. The number of fused-ring (bicyclic) bond motifs is 10. The maximum atomic E-state index is 17.8. The first-order valence-electron chi connectivity index (χ1n) is 21.7. The van der Waals surface area contributed by atoms with Crippen molar-refractivity contribution in [3.05, 3.63) is 154 Å². The summed E-state index contributed by atoms with van der Waals surface area (Å²) in [6, 6.07) is 9.72. The minimum Gasteiger partial charge on any atom is -0.436 e. The first-order valence-corrected chi connectivity index (χ1v) is 21.7. The van der Waals surface area contributed by atoms with Gasteiger partial charge in [0.05, 0.1) is 86.6 Å². The van der Waals surface area contributed by atoms with Crippen molar-refractivity contribution < 1.29 is 27.1 Å². The van der Waals surface area contributed by atoms with Crippen LogP contribution in [0.1, 0.15) is 110 Å². The molecule has 0 aliphatic heterocycles. The molecule has 4 aliphatic carbocycles. The van der Waals surface area contributed by atoms with Crippen LogP contribution in [0.4, 0.5) is 17.6 Å². The number of oxazole rings is 1. The summed E-state index contributed by atoms with van der Waals surface area (Å²) in [6.45, 7) is 7.98. The van der Waals surface area contributed by atoms with Crippen LogP contribution in [0.15, 0.2) is 90.3 Å². The van der Waals surface area contributed by atoms with Crippen LogP contribution in [0.2, 0.25) is 0 Å². The maximum Gasteiger partial charge on any atom is 0.220 e. The second-order valence-corrected chi connectivity index (χ2v) is 19.0. The van der Waals surface area contributed by atoms with Gasteiger partial charge in [-0.25, -0.2) is 32.5 Å². The first-order chi connectivity index (χ1) is 31.8. The van der Waals surface area contributed by atoms with E-state index in [1.165, 1.54) is 30.6 Å². The van der Waals surface area contributed by atoms with Crippen molar-refractivity contribution >= 4 is 0 Å². The summed E-state index contributed by atoms with van der Waals surface area (Å²) >= 11 is 0. The van der Waals surface area contributed by atoms with Crippen molar-refractivity contribution in [3.8, 4) is 45.2 Å². The molecule has 1 unspecified atom stereocenters. The predicted octanol–water partition coefficient (Wildman–Crippen LogP) is 9.07. The molecule has 6 aromatic heterocycles. The van der Waals surface area contributed by atoms with E-state index in [2.05, 4.69) is 49.2 Å². The van der Waals surface area contributed by atoms with E-state index >= 15 is 17.6 Å². The Hall–Kier alpha value is -7.14. The third kappa shape index (κ3) is 5.19. The van der Waals surface area contributed by atoms with Crippen LogP contribution in [-0.2, 0) is 17.4 Å². The van der Waals surface area contributed by atoms with Crippen LogP contribution < -0.4 is 0 Å². The van der Waals surface area contributed by atoms with Crippen LogP contribution in [0.5, 0.6) is 0 Å². The van der Waals surface area contributed by atoms with Gasteiger partial charge >= 0.3 is 0 Å². The van der Waals surface area contributed by atoms with E-state index < -0.39 is 58.0 Å². The molecule has 13 nitrogen and oxygen atoms in total. The van der Waals surface area contributed by atoms with Crippen molar-refractivity contribution in [2.45, 2.75) is 82.1 Å². The molecular weight excluding hydrogens is 851 g/mol. The normalized spacial score (nSPS) is 23.9. The van der Waals surface area contributed by atoms with Gasteiger partial charge in [-0.1, -0.05) is 39.8 Å². The Balaban J connectivity index is 0.997. The lowest BCUT2D eigenvalue weighted by Crippen LogP contribution is -2.38. The Labute approximate surface area is 374 Å². The Morgan fingerprint density at radius 1 is 0.697 bits per heavy atom. The number of nitrogens with one attached hydrogen (secondary N) is 1. The monoisotopic (exact) mass is 889 g/mol. The van der Waals surface area contributed by atoms with Crippen LogP contribution in [-0.4, -0.2) is 60.6 Å². The first kappa shape index (κ1) is 40.4. The second kappa shape index (κ2) is 13.9. The molecule has 17 heteroatoms. The summed E-state index contributed by atoms with van der Waals surface area (Å²) in [7, 11) is 0. The lowest BCUT2D eigenvalue weighted by Gasteiger charge is -2.37. The van der Waals surface area contributed by atoms with Gasteiger partial charge in [0.15, 0.2) is 5.76 Å². The average Bonchev–Trinajstić information content (AvgIpc) is 4.16. The molecule has 12 rings (SSSR count). The minimum absolute atomic E-state index is 0.00295. The summed E-state index contributed by atoms with van der Waals surface area (Å²) in [5.41, 5.74) is 2.40. The summed E-state index contributed by atoms with van der Waals surface area (Å²) < 4.78 is 70.6. The number of aliphatic hydroxyl groups is 1. The zero-order valence-corrected chi connectivity index (χ0v) is 36.0. The molecule has 5 atom stereocenters. The smallest absolute Gasteiger partial charge is 0.220 e. The van der Waals surface area contributed by atoms with E-state index in [-0.39, 0.29) is 57.5 Å². The summed E-state index contributed by atoms with van der Waals surface area (Å²) in [6.07, 6.45) is 13.3. The van der Waals surface area contributed by atoms with Crippen molar-refractivity contribution in [1.82, 2.24) is 55.5 Å². The number of aliphatic hydroxyl groups excluding tert-OH is 1. The Bertz CT molecular complexity index is 3280. The number of aromatic amines is 1. The number of benzene rings is 2. The second-order valence-electron chi connectivity index (χ2n) is 19.0. The van der Waals surface area contributed by atoms with Crippen LogP contribution >= 0.6 is 0 Å². The van der Waals surface area contributed by atoms with E-state index in [0.29, 0.717) is 28.3 Å². The number of hydrogen-bond donors (Lipinski definition) is 2. The van der Waals surface area contributed by atoms with E-state index in [1.807, 2.05) is 13.8 Å². The van der Waals surface area contributed by atoms with Gasteiger partial charge in [-0.15, -0.1) is 10.2 Å². The third-order valence-electron chi connectivity index (χ3n) is 15.6. The van der Waals surface area contributed by atoms with E-state index in [1.54, 1.807) is 43.1 Å². The van der Waals surface area contributed by atoms with Gasteiger partial charge in [-0.3, -0.25) is 15.1 Å². The van der Waals surface area contributed by atoms with Gasteiger partial charge < -0.3 is 9.52 Å². The standard InChI is InChI=1S/C49H39F4N11O2/c1-46(2)28-10-11-48(46,37-20-54-17-34(59-37)23-15-57-58-16-23)44-25(28)12-33(62-63-44)41-31(52)9-8-24(43(41)53)27-14-49(38-21-55-18-35(60-38)36-19-56-39(22-65)66-36)45-26(42(27)47(49,3)4)13-32(61-64-45)40-29(50)6-5-7-30(40)51/h5-9,12-13,15-21,27-28,42,65H,10-11,14,22H2,1-4H3,(H,57,58)/t27?,28-,42+,48-,49-/m0/s1. The van der Waals surface area contributed by atoms with Crippen LogP contribution in [0.3, 0.4) is 0 Å². The molecule has 330 valence electrons. The van der Waals surface area contributed by atoms with Gasteiger partial charge in [0, 0.05) is 24.2 Å². The molecule has 2 fully saturated rings. The van der Waals surface area contributed by atoms with E-state index in [0.717, 1.165) is 47.5 Å². The summed E-state index contributed by atoms with van der Waals surface area (Å²) in [4.78, 5) is 23.3. The minimum atomic E-state index is -1.09. The fourth-order valence-electron chi connectivity index (χ4n) is 12.6. The fourth-order valence-corrected chi connectivity index (χ4v) is 12.6. The van der Waals surface area contributed by atoms with Crippen molar-refractivity contribution in [1.29, 1.82) is 0 Å². The molecule has 4 aliphatic rings. The van der Waals surface area contributed by atoms with Gasteiger partial charge in [0.1, 0.15) is 35.6 Å². The van der Waals surface area contributed by atoms with Gasteiger partial charge in [-0.05, 0) is 94.9 Å². The largest absolute Gasteiger partial charge is 0.436 e. The van der Waals surface area contributed by atoms with E-state index in [4.69, 9.17) is 24.6 Å². The molecule has 66 heavy (non-hydrogen) atoms. The lowest BCUT2D eigenvalue weighted by molar-refractivity contribution is 0.240. The molecule has 4 bridgehead atoms. The quantitative estimate of drug-likeness (QED) is 0.139. The highest BCUT2D eigenvalue weighted by Crippen LogP contribution is 2.74. The highest BCUT2D eigenvalue weighted by molar-refractivity contribution is 5.69. The molecule has 2 N–H and O–H groups in total. The number of aromatic nitrogens is 11. The number of rotatable bonds is 8. The number of H-pyrrole nitrogens is 1. The number of halogens is 4. The highest BCUT2D eigenvalue weighted by atomic mass is 19.1. The van der Waals surface area contributed by atoms with Gasteiger partial charge in [-0.2, -0.15) is 15.3 Å². The molecule has 0 radical (unpaired) electrons. The highest BCUT2D eigenvalue weighted by Gasteiger charge is 2.69. The molecule has 0 amide bonds. The molecule has 6 heterocycles. The number of hydrogen-bond acceptors (Lipinski definition) is 12. The average molecular weight is 890 g/mol. The molecule has 2 aromatic carbocycles. The number of nitrogens with zero attached hydrogens (tertiary/aromatic N) is 10. The SMILES string of the molecule is CC1(C)[C@@H]2c3cc(-c4c(F)cccc4F)nnc3[C@@]1(c1cncc(-c3cnc(CO)o3)n1)CC2c1ccc(F)c(-c2cc3c(nn2)[C@@]2(c4cncc(-c5cn[nH]c5)n4)CC[C@@H]3C2(C)C)c1F. The maximum absolute atomic E-state index is 17.8. The fraction of sp³-hybridized carbons (Fsp3) is 0.306. The van der Waals surface area contributed by atoms with Crippen molar-refractivity contribution in [3.63, 3.8) is 0 Å². The van der Waals surface area contributed by atoms with Gasteiger partial charge in [0.25, 0.3) is 0 Å². The summed E-state index contributed by atoms with van der Waals surface area (Å²) in [5, 5.41) is 35.0. The zero-order valence-electron chi connectivity index (χ0n) is 36.0. The molecule has 0 spiro atoms. The third-order valence-corrected chi connectivity index (χ3v) is 15.6. The van der Waals surface area contributed by atoms with Crippen molar-refractivity contribution in [2.24, 2.45) is 10.8 Å². The zero-order chi connectivity index (χ0) is 45.5. The summed E-state index contributed by atoms with van der Waals surface area (Å²) in [5.74, 6) is -4.01. The van der Waals surface area contributed by atoms with Crippen LogP contribution in [0.25, 0.3) is 45.2 Å². The Kier molecular flexibility index (Phi) is 8.53. The van der Waals surface area contributed by atoms with Gasteiger partial charge in [0.2, 0.25) is 5.89 Å². The lowest BCUT2D eigenvalue weighted by atomic mass is 9.66. The Morgan fingerprint density at radius 2 is 1.36 bits per heavy atom. The molecule has 2 saturated carbocycles. The predicted molar refractivity (Wildman–Crippen MR) is 229 cm³/mol. The molecule has 0 saturated heterocycles. The van der Waals surface area contributed by atoms with E-state index in [9.17, 15) is 5.11 Å².